The van der Waals surface area contributed by atoms with Gasteiger partial charge in [-0.1, -0.05) is 87.1 Å². The molecule has 0 unspecified atom stereocenters. The summed E-state index contributed by atoms with van der Waals surface area (Å²) in [6.45, 7) is 6.74. The van der Waals surface area contributed by atoms with E-state index in [0.29, 0.717) is 0 Å². The second-order valence-electron chi connectivity index (χ2n) is 6.77. The van der Waals surface area contributed by atoms with Crippen molar-refractivity contribution in [3.05, 3.63) is 84.4 Å². The molecule has 0 amide bonds. The fourth-order valence-corrected chi connectivity index (χ4v) is 3.34. The minimum atomic E-state index is 0.203. The molecule has 0 aliphatic carbocycles. The van der Waals surface area contributed by atoms with Crippen LogP contribution in [0.15, 0.2) is 88.7 Å². The maximum absolute atomic E-state index is 2.25. The molecule has 3 rings (SSSR count). The van der Waals surface area contributed by atoms with E-state index in [-0.39, 0.29) is 5.41 Å². The summed E-state index contributed by atoms with van der Waals surface area (Å²) in [7, 11) is 0. The van der Waals surface area contributed by atoms with Gasteiger partial charge in [-0.05, 0) is 46.4 Å². The van der Waals surface area contributed by atoms with Gasteiger partial charge in [0, 0.05) is 9.79 Å². The maximum atomic E-state index is 2.25. The zero-order chi connectivity index (χ0) is 16.3. The average molecular weight is 318 g/mol. The first kappa shape index (κ1) is 15.9. The summed E-state index contributed by atoms with van der Waals surface area (Å²) in [5.41, 5.74) is 4.11. The van der Waals surface area contributed by atoms with Crippen LogP contribution >= 0.6 is 11.8 Å². The Bertz CT molecular complexity index is 748. The number of hydrogen-bond donors (Lipinski definition) is 0. The highest BCUT2D eigenvalue weighted by Gasteiger charge is 2.12. The van der Waals surface area contributed by atoms with Gasteiger partial charge in [0.05, 0.1) is 0 Å². The molecular formula is C22H22S. The Morgan fingerprint density at radius 3 is 1.57 bits per heavy atom. The molecule has 0 aliphatic rings. The minimum absolute atomic E-state index is 0.203. The van der Waals surface area contributed by atoms with E-state index >= 15 is 0 Å². The van der Waals surface area contributed by atoms with Crippen LogP contribution in [0, 0.1) is 0 Å². The molecule has 0 N–H and O–H groups in total. The number of rotatable bonds is 3. The first-order valence-electron chi connectivity index (χ1n) is 7.96. The van der Waals surface area contributed by atoms with Crippen LogP contribution in [-0.4, -0.2) is 0 Å². The molecule has 116 valence electrons. The van der Waals surface area contributed by atoms with E-state index in [9.17, 15) is 0 Å². The quantitative estimate of drug-likeness (QED) is 0.511. The Morgan fingerprint density at radius 1 is 0.565 bits per heavy atom. The molecule has 23 heavy (non-hydrogen) atoms. The predicted octanol–water partition coefficient (Wildman–Crippen LogP) is 6.80. The second kappa shape index (κ2) is 6.64. The van der Waals surface area contributed by atoms with Crippen LogP contribution in [0.25, 0.3) is 11.1 Å². The van der Waals surface area contributed by atoms with Crippen LogP contribution in [-0.2, 0) is 5.41 Å². The molecule has 0 fully saturated rings. The van der Waals surface area contributed by atoms with E-state index < -0.39 is 0 Å². The van der Waals surface area contributed by atoms with E-state index in [1.165, 1.54) is 26.5 Å². The van der Waals surface area contributed by atoms with Crippen molar-refractivity contribution in [1.29, 1.82) is 0 Å². The summed E-state index contributed by atoms with van der Waals surface area (Å²) in [6.07, 6.45) is 0. The van der Waals surface area contributed by atoms with Gasteiger partial charge in [0.25, 0.3) is 0 Å². The first-order chi connectivity index (χ1) is 11.0. The van der Waals surface area contributed by atoms with Gasteiger partial charge in [0.15, 0.2) is 0 Å². The summed E-state index contributed by atoms with van der Waals surface area (Å²) in [4.78, 5) is 2.54. The summed E-state index contributed by atoms with van der Waals surface area (Å²) in [5.74, 6) is 0. The predicted molar refractivity (Wildman–Crippen MR) is 101 cm³/mol. The summed E-state index contributed by atoms with van der Waals surface area (Å²) >= 11 is 1.80. The van der Waals surface area contributed by atoms with Crippen LogP contribution < -0.4 is 0 Å². The Balaban J connectivity index is 1.77. The Morgan fingerprint density at radius 2 is 1.04 bits per heavy atom. The molecule has 0 radical (unpaired) electrons. The molecule has 0 aromatic heterocycles. The lowest BCUT2D eigenvalue weighted by atomic mass is 9.86. The van der Waals surface area contributed by atoms with Gasteiger partial charge in [-0.15, -0.1) is 0 Å². The van der Waals surface area contributed by atoms with Crippen LogP contribution in [0.4, 0.5) is 0 Å². The molecule has 3 aromatic carbocycles. The molecule has 0 bridgehead atoms. The summed E-state index contributed by atoms with van der Waals surface area (Å²) in [5, 5.41) is 0. The summed E-state index contributed by atoms with van der Waals surface area (Å²) in [6, 6.07) is 28.2. The Labute approximate surface area is 143 Å². The molecule has 0 atom stereocenters. The van der Waals surface area contributed by atoms with Gasteiger partial charge in [0.1, 0.15) is 0 Å². The number of hydrogen-bond acceptors (Lipinski definition) is 1. The van der Waals surface area contributed by atoms with Gasteiger partial charge in [-0.3, -0.25) is 0 Å². The molecule has 0 nitrogen and oxygen atoms in total. The third-order valence-corrected chi connectivity index (χ3v) is 4.93. The van der Waals surface area contributed by atoms with E-state index in [0.717, 1.165) is 0 Å². The first-order valence-corrected chi connectivity index (χ1v) is 8.78. The van der Waals surface area contributed by atoms with E-state index in [2.05, 4.69) is 99.6 Å². The van der Waals surface area contributed by atoms with Gasteiger partial charge in [-0.25, -0.2) is 0 Å². The van der Waals surface area contributed by atoms with Crippen molar-refractivity contribution in [2.45, 2.75) is 36.0 Å². The topological polar surface area (TPSA) is 0 Å². The number of benzene rings is 3. The largest absolute Gasteiger partial charge is 0.0901 e. The van der Waals surface area contributed by atoms with Gasteiger partial charge >= 0.3 is 0 Å². The fraction of sp³-hybridized carbons (Fsp3) is 0.182. The van der Waals surface area contributed by atoms with Crippen molar-refractivity contribution < 1.29 is 0 Å². The highest BCUT2D eigenvalue weighted by Crippen LogP contribution is 2.30. The summed E-state index contributed by atoms with van der Waals surface area (Å²) < 4.78 is 0. The van der Waals surface area contributed by atoms with Crippen molar-refractivity contribution in [3.8, 4) is 11.1 Å². The monoisotopic (exact) mass is 318 g/mol. The zero-order valence-corrected chi connectivity index (χ0v) is 14.7. The van der Waals surface area contributed by atoms with Crippen LogP contribution in [0.3, 0.4) is 0 Å². The Hall–Kier alpha value is -1.99. The normalized spacial score (nSPS) is 11.4. The average Bonchev–Trinajstić information content (AvgIpc) is 2.56. The molecule has 3 aromatic rings. The highest BCUT2D eigenvalue weighted by atomic mass is 32.2. The third kappa shape index (κ3) is 4.05. The van der Waals surface area contributed by atoms with Crippen LogP contribution in [0.5, 0.6) is 0 Å². The molecule has 0 saturated heterocycles. The molecule has 0 saturated carbocycles. The van der Waals surface area contributed by atoms with Crippen molar-refractivity contribution in [2.24, 2.45) is 0 Å². The molecule has 0 heterocycles. The third-order valence-electron chi connectivity index (χ3n) is 3.92. The van der Waals surface area contributed by atoms with Crippen molar-refractivity contribution in [2.75, 3.05) is 0 Å². The van der Waals surface area contributed by atoms with E-state index in [4.69, 9.17) is 0 Å². The van der Waals surface area contributed by atoms with Gasteiger partial charge in [-0.2, -0.15) is 0 Å². The Kier molecular flexibility index (Phi) is 4.58. The molecule has 0 spiro atoms. The standard InChI is InChI=1S/C22H22S/c1-22(2,3)19-13-9-17(10-14-19)18-11-15-21(16-12-18)23-20-7-5-4-6-8-20/h4-16H,1-3H3. The molecule has 1 heteroatoms. The van der Waals surface area contributed by atoms with E-state index in [1.54, 1.807) is 11.8 Å². The lowest BCUT2D eigenvalue weighted by Gasteiger charge is -2.19. The fourth-order valence-electron chi connectivity index (χ4n) is 2.50. The van der Waals surface area contributed by atoms with Crippen LogP contribution in [0.2, 0.25) is 0 Å². The van der Waals surface area contributed by atoms with Gasteiger partial charge in [0.2, 0.25) is 0 Å². The smallest absolute Gasteiger partial charge is 0.0122 e. The lowest BCUT2D eigenvalue weighted by molar-refractivity contribution is 0.590. The van der Waals surface area contributed by atoms with Crippen molar-refractivity contribution in [3.63, 3.8) is 0 Å². The van der Waals surface area contributed by atoms with Crippen LogP contribution in [0.1, 0.15) is 26.3 Å². The molecule has 0 aliphatic heterocycles. The van der Waals surface area contributed by atoms with E-state index in [1.807, 2.05) is 0 Å². The zero-order valence-electron chi connectivity index (χ0n) is 13.9. The minimum Gasteiger partial charge on any atom is -0.0901 e. The molecular weight excluding hydrogens is 296 g/mol. The maximum Gasteiger partial charge on any atom is 0.0122 e. The van der Waals surface area contributed by atoms with Gasteiger partial charge < -0.3 is 0 Å². The lowest BCUT2D eigenvalue weighted by Crippen LogP contribution is -2.10. The highest BCUT2D eigenvalue weighted by molar-refractivity contribution is 7.99. The SMILES string of the molecule is CC(C)(C)c1ccc(-c2ccc(Sc3ccccc3)cc2)cc1. The second-order valence-corrected chi connectivity index (χ2v) is 7.91. The van der Waals surface area contributed by atoms with Crippen molar-refractivity contribution >= 4 is 11.8 Å². The van der Waals surface area contributed by atoms with Crippen molar-refractivity contribution in [1.82, 2.24) is 0 Å².